The van der Waals surface area contributed by atoms with Gasteiger partial charge in [0.15, 0.2) is 6.10 Å². The summed E-state index contributed by atoms with van der Waals surface area (Å²) in [5, 5.41) is 2.81. The van der Waals surface area contributed by atoms with Crippen molar-refractivity contribution in [2.75, 3.05) is 16.8 Å². The number of carbonyl (C=O) groups is 2. The minimum absolute atomic E-state index is 0.0558. The molecule has 4 rings (SSSR count). The molecule has 2 saturated carbocycles. The molecule has 4 nitrogen and oxygen atoms in total. The molecule has 1 amide bonds. The highest BCUT2D eigenvalue weighted by atomic mass is 32.2. The van der Waals surface area contributed by atoms with Crippen molar-refractivity contribution in [2.24, 2.45) is 17.8 Å². The van der Waals surface area contributed by atoms with E-state index in [1.165, 1.54) is 30.8 Å². The predicted octanol–water partition coefficient (Wildman–Crippen LogP) is 4.56. The van der Waals surface area contributed by atoms with Crippen LogP contribution >= 0.6 is 23.5 Å². The lowest BCUT2D eigenvalue weighted by Crippen LogP contribution is -2.48. The number of nitrogens with one attached hydrogen (secondary N) is 1. The zero-order valence-electron chi connectivity index (χ0n) is 15.7. The van der Waals surface area contributed by atoms with Gasteiger partial charge in [0.25, 0.3) is 5.91 Å². The van der Waals surface area contributed by atoms with Crippen molar-refractivity contribution < 1.29 is 14.3 Å². The van der Waals surface area contributed by atoms with E-state index in [0.29, 0.717) is 15.9 Å². The lowest BCUT2D eigenvalue weighted by molar-refractivity contribution is -0.159. The summed E-state index contributed by atoms with van der Waals surface area (Å²) >= 11 is 4.28. The number of hydrogen-bond donors (Lipinski definition) is 1. The zero-order chi connectivity index (χ0) is 18.9. The van der Waals surface area contributed by atoms with Gasteiger partial charge in [-0.15, -0.1) is 23.5 Å². The third-order valence-electron chi connectivity index (χ3n) is 6.16. The third kappa shape index (κ3) is 3.88. The van der Waals surface area contributed by atoms with Crippen molar-refractivity contribution >= 4 is 41.1 Å². The maximum atomic E-state index is 12.8. The van der Waals surface area contributed by atoms with Crippen molar-refractivity contribution in [3.05, 3.63) is 30.3 Å². The molecule has 146 valence electrons. The smallest absolute Gasteiger partial charge is 0.309 e. The summed E-state index contributed by atoms with van der Waals surface area (Å²) in [4.78, 5) is 25.1. The number of amides is 1. The standard InChI is InChI=1S/C21H27NO3S2/c1-14(19(23)22-18-8-3-2-4-9-18)25-20(24)15-12-16-6-5-7-17(13-15)21(16)26-10-11-27-21/h2-4,8-9,14-17H,5-7,10-13H2,1H3,(H,22,23)/t14-,15?,16-,17+/m1/s1. The molecule has 1 spiro atoms. The summed E-state index contributed by atoms with van der Waals surface area (Å²) in [5.41, 5.74) is 0.717. The SMILES string of the molecule is C[C@@H](OC(=O)C1C[C@H]2CCC[C@@H](C1)C21SCCS1)C(=O)Nc1ccccc1. The largest absolute Gasteiger partial charge is 0.452 e. The fourth-order valence-corrected chi connectivity index (χ4v) is 8.83. The highest BCUT2D eigenvalue weighted by Gasteiger charge is 2.55. The minimum atomic E-state index is -0.774. The van der Waals surface area contributed by atoms with E-state index in [0.717, 1.165) is 18.5 Å². The second-order valence-corrected chi connectivity index (χ2v) is 10.8. The van der Waals surface area contributed by atoms with Crippen LogP contribution in [-0.2, 0) is 14.3 Å². The molecule has 1 saturated heterocycles. The summed E-state index contributed by atoms with van der Waals surface area (Å²) in [6.07, 6.45) is 4.80. The molecule has 1 aromatic carbocycles. The first-order chi connectivity index (χ1) is 13.1. The summed E-state index contributed by atoms with van der Waals surface area (Å²) in [7, 11) is 0. The Kier molecular flexibility index (Phi) is 5.74. The van der Waals surface area contributed by atoms with Crippen molar-refractivity contribution in [1.29, 1.82) is 0 Å². The molecule has 3 fully saturated rings. The summed E-state index contributed by atoms with van der Waals surface area (Å²) in [5.74, 6) is 3.17. The Balaban J connectivity index is 1.35. The number of ether oxygens (including phenoxy) is 1. The molecule has 4 atom stereocenters. The fourth-order valence-electron chi connectivity index (χ4n) is 4.89. The second-order valence-electron chi connectivity index (χ2n) is 7.85. The first-order valence-electron chi connectivity index (χ1n) is 9.93. The molecule has 3 aliphatic rings. The van der Waals surface area contributed by atoms with Gasteiger partial charge in [-0.3, -0.25) is 9.59 Å². The average molecular weight is 406 g/mol. The molecule has 2 aliphatic carbocycles. The monoisotopic (exact) mass is 405 g/mol. The maximum Gasteiger partial charge on any atom is 0.309 e. The quantitative estimate of drug-likeness (QED) is 0.744. The van der Waals surface area contributed by atoms with Gasteiger partial charge in [-0.2, -0.15) is 0 Å². The van der Waals surface area contributed by atoms with Crippen LogP contribution in [0.3, 0.4) is 0 Å². The van der Waals surface area contributed by atoms with Gasteiger partial charge in [0.1, 0.15) is 0 Å². The molecule has 1 N–H and O–H groups in total. The first-order valence-corrected chi connectivity index (χ1v) is 11.9. The van der Waals surface area contributed by atoms with Crippen LogP contribution in [0.4, 0.5) is 5.69 Å². The lowest BCUT2D eigenvalue weighted by atomic mass is 9.67. The molecule has 2 bridgehead atoms. The molecule has 0 aromatic heterocycles. The molecule has 1 unspecified atom stereocenters. The number of anilines is 1. The van der Waals surface area contributed by atoms with E-state index < -0.39 is 6.10 Å². The van der Waals surface area contributed by atoms with Crippen molar-refractivity contribution in [1.82, 2.24) is 0 Å². The average Bonchev–Trinajstić information content (AvgIpc) is 3.11. The zero-order valence-corrected chi connectivity index (χ0v) is 17.3. The van der Waals surface area contributed by atoms with E-state index in [-0.39, 0.29) is 17.8 Å². The molecule has 1 aromatic rings. The van der Waals surface area contributed by atoms with E-state index in [1.807, 2.05) is 30.3 Å². The summed E-state index contributed by atoms with van der Waals surface area (Å²) in [6.45, 7) is 1.66. The number of hydrogen-bond acceptors (Lipinski definition) is 5. The van der Waals surface area contributed by atoms with Gasteiger partial charge in [-0.05, 0) is 56.6 Å². The van der Waals surface area contributed by atoms with Crippen LogP contribution in [0.5, 0.6) is 0 Å². The fraction of sp³-hybridized carbons (Fsp3) is 0.619. The van der Waals surface area contributed by atoms with Gasteiger partial charge in [0.2, 0.25) is 0 Å². The molecular weight excluding hydrogens is 378 g/mol. The van der Waals surface area contributed by atoms with Gasteiger partial charge < -0.3 is 10.1 Å². The van der Waals surface area contributed by atoms with Gasteiger partial charge in [0.05, 0.1) is 10.00 Å². The van der Waals surface area contributed by atoms with Crippen LogP contribution in [0.1, 0.15) is 39.0 Å². The van der Waals surface area contributed by atoms with Crippen LogP contribution in [-0.4, -0.2) is 33.6 Å². The number of thioether (sulfide) groups is 2. The van der Waals surface area contributed by atoms with Crippen molar-refractivity contribution in [2.45, 2.75) is 49.2 Å². The van der Waals surface area contributed by atoms with Crippen LogP contribution in [0.25, 0.3) is 0 Å². The topological polar surface area (TPSA) is 55.4 Å². The van der Waals surface area contributed by atoms with Crippen LogP contribution in [0.2, 0.25) is 0 Å². The number of rotatable bonds is 4. The second kappa shape index (κ2) is 8.08. The highest BCUT2D eigenvalue weighted by Crippen LogP contribution is 2.64. The number of carbonyl (C=O) groups excluding carboxylic acids is 2. The Morgan fingerprint density at radius 2 is 1.74 bits per heavy atom. The van der Waals surface area contributed by atoms with Gasteiger partial charge in [-0.1, -0.05) is 24.6 Å². The van der Waals surface area contributed by atoms with Crippen LogP contribution in [0, 0.1) is 17.8 Å². The predicted molar refractivity (Wildman–Crippen MR) is 112 cm³/mol. The third-order valence-corrected chi connectivity index (χ3v) is 10.2. The Bertz CT molecular complexity index is 674. The number of esters is 1. The molecule has 1 aliphatic heterocycles. The van der Waals surface area contributed by atoms with Gasteiger partial charge in [0, 0.05) is 17.2 Å². The molecule has 6 heteroatoms. The summed E-state index contributed by atoms with van der Waals surface area (Å²) < 4.78 is 5.93. The highest BCUT2D eigenvalue weighted by molar-refractivity contribution is 8.21. The van der Waals surface area contributed by atoms with E-state index >= 15 is 0 Å². The Hall–Kier alpha value is -1.14. The van der Waals surface area contributed by atoms with E-state index in [9.17, 15) is 9.59 Å². The van der Waals surface area contributed by atoms with Gasteiger partial charge >= 0.3 is 5.97 Å². The first kappa shape index (κ1) is 19.2. The Morgan fingerprint density at radius 1 is 1.11 bits per heavy atom. The number of benzene rings is 1. The van der Waals surface area contributed by atoms with E-state index in [4.69, 9.17) is 4.74 Å². The molecule has 1 heterocycles. The Morgan fingerprint density at radius 3 is 2.37 bits per heavy atom. The normalized spacial score (nSPS) is 29.9. The molecular formula is C21H27NO3S2. The summed E-state index contributed by atoms with van der Waals surface area (Å²) in [6, 6.07) is 9.27. The van der Waals surface area contributed by atoms with Crippen molar-refractivity contribution in [3.8, 4) is 0 Å². The molecule has 0 radical (unpaired) electrons. The molecule has 27 heavy (non-hydrogen) atoms. The maximum absolute atomic E-state index is 12.8. The van der Waals surface area contributed by atoms with Crippen LogP contribution in [0.15, 0.2) is 30.3 Å². The van der Waals surface area contributed by atoms with E-state index in [1.54, 1.807) is 6.92 Å². The van der Waals surface area contributed by atoms with E-state index in [2.05, 4.69) is 28.8 Å². The number of para-hydroxylation sites is 1. The lowest BCUT2D eigenvalue weighted by Gasteiger charge is -2.51. The minimum Gasteiger partial charge on any atom is -0.452 e. The van der Waals surface area contributed by atoms with Gasteiger partial charge in [-0.25, -0.2) is 0 Å². The Labute approximate surface area is 169 Å². The van der Waals surface area contributed by atoms with Crippen molar-refractivity contribution in [3.63, 3.8) is 0 Å². The van der Waals surface area contributed by atoms with Crippen LogP contribution < -0.4 is 5.32 Å².